The molecule has 0 atom stereocenters. The monoisotopic (exact) mass is 500 g/mol. The lowest BCUT2D eigenvalue weighted by Gasteiger charge is -2.22. The van der Waals surface area contributed by atoms with Gasteiger partial charge in [0.2, 0.25) is 0 Å². The average Bonchev–Trinajstić information content (AvgIpc) is 2.90. The summed E-state index contributed by atoms with van der Waals surface area (Å²) in [6.07, 6.45) is 6.65. The third kappa shape index (κ3) is 6.15. The average molecular weight is 500 g/mol. The maximum Gasteiger partial charge on any atom is 0.193 e. The summed E-state index contributed by atoms with van der Waals surface area (Å²) in [6, 6.07) is 6.58. The SMILES string of the molecule is CN=C(NCCCc1nnc2n1CCCCC2)N(C)Cc1ccc(F)cc1.I. The maximum absolute atomic E-state index is 13.0. The van der Waals surface area contributed by atoms with E-state index in [0.29, 0.717) is 6.54 Å². The highest BCUT2D eigenvalue weighted by Gasteiger charge is 2.14. The number of aliphatic imine (C=N–C) groups is 1. The first-order valence-electron chi connectivity index (χ1n) is 9.74. The van der Waals surface area contributed by atoms with Crippen LogP contribution in [0.5, 0.6) is 0 Å². The van der Waals surface area contributed by atoms with Crippen molar-refractivity contribution >= 4 is 29.9 Å². The number of benzene rings is 1. The topological polar surface area (TPSA) is 58.3 Å². The summed E-state index contributed by atoms with van der Waals surface area (Å²) >= 11 is 0. The zero-order chi connectivity index (χ0) is 19.1. The number of fused-ring (bicyclic) bond motifs is 1. The molecule has 2 aromatic rings. The number of nitrogens with one attached hydrogen (secondary N) is 1. The van der Waals surface area contributed by atoms with E-state index >= 15 is 0 Å². The molecule has 0 aliphatic carbocycles. The first-order chi connectivity index (χ1) is 13.2. The number of rotatable bonds is 6. The van der Waals surface area contributed by atoms with Gasteiger partial charge in [-0.2, -0.15) is 0 Å². The largest absolute Gasteiger partial charge is 0.356 e. The minimum absolute atomic E-state index is 0. The van der Waals surface area contributed by atoms with Gasteiger partial charge in [-0.15, -0.1) is 34.2 Å². The summed E-state index contributed by atoms with van der Waals surface area (Å²) in [6.45, 7) is 2.55. The zero-order valence-corrected chi connectivity index (χ0v) is 19.0. The van der Waals surface area contributed by atoms with Gasteiger partial charge in [-0.3, -0.25) is 4.99 Å². The van der Waals surface area contributed by atoms with Crippen molar-refractivity contribution in [3.8, 4) is 0 Å². The zero-order valence-electron chi connectivity index (χ0n) is 16.7. The van der Waals surface area contributed by atoms with E-state index in [1.807, 2.05) is 11.9 Å². The summed E-state index contributed by atoms with van der Waals surface area (Å²) in [4.78, 5) is 6.38. The predicted molar refractivity (Wildman–Crippen MR) is 121 cm³/mol. The Morgan fingerprint density at radius 3 is 2.75 bits per heavy atom. The summed E-state index contributed by atoms with van der Waals surface area (Å²) in [5, 5.41) is 12.2. The molecule has 0 unspecified atom stereocenters. The number of hydrogen-bond acceptors (Lipinski definition) is 3. The van der Waals surface area contributed by atoms with Crippen molar-refractivity contribution in [1.82, 2.24) is 25.0 Å². The Kier molecular flexibility index (Phi) is 9.14. The summed E-state index contributed by atoms with van der Waals surface area (Å²) in [5.74, 6) is 2.86. The first kappa shape index (κ1) is 22.6. The Bertz CT molecular complexity index is 759. The number of nitrogens with zero attached hydrogens (tertiary/aromatic N) is 5. The molecule has 0 saturated heterocycles. The smallest absolute Gasteiger partial charge is 0.193 e. The lowest BCUT2D eigenvalue weighted by molar-refractivity contribution is 0.474. The number of hydrogen-bond donors (Lipinski definition) is 1. The molecule has 3 rings (SSSR count). The van der Waals surface area contributed by atoms with Crippen LogP contribution in [0, 0.1) is 5.82 Å². The van der Waals surface area contributed by atoms with Crippen molar-refractivity contribution in [3.63, 3.8) is 0 Å². The number of guanidine groups is 1. The van der Waals surface area contributed by atoms with Crippen LogP contribution in [0.15, 0.2) is 29.3 Å². The van der Waals surface area contributed by atoms with Crippen molar-refractivity contribution < 1.29 is 4.39 Å². The quantitative estimate of drug-likeness (QED) is 0.286. The fourth-order valence-corrected chi connectivity index (χ4v) is 3.50. The molecule has 154 valence electrons. The second-order valence-corrected chi connectivity index (χ2v) is 7.05. The summed E-state index contributed by atoms with van der Waals surface area (Å²) in [5.41, 5.74) is 1.05. The van der Waals surface area contributed by atoms with Gasteiger partial charge in [0.25, 0.3) is 0 Å². The molecule has 0 fully saturated rings. The number of aromatic nitrogens is 3. The Labute approximate surface area is 183 Å². The number of halogens is 2. The van der Waals surface area contributed by atoms with E-state index in [4.69, 9.17) is 0 Å². The summed E-state index contributed by atoms with van der Waals surface area (Å²) in [7, 11) is 3.76. The van der Waals surface area contributed by atoms with Crippen LogP contribution >= 0.6 is 24.0 Å². The molecule has 1 aliphatic rings. The Morgan fingerprint density at radius 2 is 2.00 bits per heavy atom. The standard InChI is InChI=1S/C20H29FN6.HI/c1-22-20(26(2)15-16-9-11-17(21)12-10-16)23-13-6-8-19-25-24-18-7-4-3-5-14-27(18)19;/h9-12H,3-8,13-15H2,1-2H3,(H,22,23);1H. The van der Waals surface area contributed by atoms with Gasteiger partial charge < -0.3 is 14.8 Å². The van der Waals surface area contributed by atoms with Gasteiger partial charge in [0.1, 0.15) is 17.5 Å². The lowest BCUT2D eigenvalue weighted by Crippen LogP contribution is -2.39. The van der Waals surface area contributed by atoms with Gasteiger partial charge in [-0.25, -0.2) is 4.39 Å². The van der Waals surface area contributed by atoms with Gasteiger partial charge in [-0.05, 0) is 37.0 Å². The highest BCUT2D eigenvalue weighted by molar-refractivity contribution is 14.0. The van der Waals surface area contributed by atoms with Crippen LogP contribution in [-0.2, 0) is 25.9 Å². The van der Waals surface area contributed by atoms with Crippen LogP contribution < -0.4 is 5.32 Å². The van der Waals surface area contributed by atoms with Crippen molar-refractivity contribution in [3.05, 3.63) is 47.3 Å². The van der Waals surface area contributed by atoms with Crippen LogP contribution in [0.1, 0.15) is 42.9 Å². The second kappa shape index (κ2) is 11.3. The Balaban J connectivity index is 0.00000280. The van der Waals surface area contributed by atoms with Crippen LogP contribution in [0.25, 0.3) is 0 Å². The molecular weight excluding hydrogens is 470 g/mol. The number of aryl methyl sites for hydroxylation is 2. The molecule has 0 saturated carbocycles. The van der Waals surface area contributed by atoms with Crippen molar-refractivity contribution in [2.75, 3.05) is 20.6 Å². The molecule has 0 amide bonds. The van der Waals surface area contributed by atoms with Gasteiger partial charge in [0, 0.05) is 46.6 Å². The van der Waals surface area contributed by atoms with Crippen molar-refractivity contribution in [2.24, 2.45) is 4.99 Å². The molecule has 1 N–H and O–H groups in total. The summed E-state index contributed by atoms with van der Waals surface area (Å²) < 4.78 is 15.3. The normalized spacial score (nSPS) is 14.0. The van der Waals surface area contributed by atoms with Crippen LogP contribution in [0.4, 0.5) is 4.39 Å². The van der Waals surface area contributed by atoms with E-state index in [-0.39, 0.29) is 29.8 Å². The molecule has 2 heterocycles. The van der Waals surface area contributed by atoms with E-state index in [1.54, 1.807) is 19.2 Å². The van der Waals surface area contributed by atoms with Crippen LogP contribution in [0.3, 0.4) is 0 Å². The highest BCUT2D eigenvalue weighted by atomic mass is 127. The van der Waals surface area contributed by atoms with E-state index < -0.39 is 0 Å². The predicted octanol–water partition coefficient (Wildman–Crippen LogP) is 3.40. The maximum atomic E-state index is 13.0. The van der Waals surface area contributed by atoms with E-state index in [2.05, 4.69) is 25.1 Å². The third-order valence-electron chi connectivity index (χ3n) is 4.95. The lowest BCUT2D eigenvalue weighted by atomic mass is 10.2. The minimum atomic E-state index is -0.213. The van der Waals surface area contributed by atoms with E-state index in [9.17, 15) is 4.39 Å². The van der Waals surface area contributed by atoms with Gasteiger partial charge >= 0.3 is 0 Å². The molecule has 1 aromatic carbocycles. The second-order valence-electron chi connectivity index (χ2n) is 7.05. The Hall–Kier alpha value is -1.71. The molecule has 8 heteroatoms. The molecule has 0 spiro atoms. The van der Waals surface area contributed by atoms with Gasteiger partial charge in [0.05, 0.1) is 0 Å². The molecule has 0 bridgehead atoms. The first-order valence-corrected chi connectivity index (χ1v) is 9.74. The molecule has 1 aromatic heterocycles. The Morgan fingerprint density at radius 1 is 1.21 bits per heavy atom. The van der Waals surface area contributed by atoms with Crippen LogP contribution in [0.2, 0.25) is 0 Å². The van der Waals surface area contributed by atoms with Crippen molar-refractivity contribution in [2.45, 2.75) is 51.6 Å². The van der Waals surface area contributed by atoms with Crippen LogP contribution in [-0.4, -0.2) is 46.3 Å². The highest BCUT2D eigenvalue weighted by Crippen LogP contribution is 2.15. The molecule has 6 nitrogen and oxygen atoms in total. The molecular formula is C20H30FIN6. The molecule has 0 radical (unpaired) electrons. The fourth-order valence-electron chi connectivity index (χ4n) is 3.50. The molecule has 1 aliphatic heterocycles. The minimum Gasteiger partial charge on any atom is -0.356 e. The fraction of sp³-hybridized carbons (Fsp3) is 0.550. The van der Waals surface area contributed by atoms with E-state index in [1.165, 1.54) is 31.4 Å². The van der Waals surface area contributed by atoms with Crippen molar-refractivity contribution in [1.29, 1.82) is 0 Å². The van der Waals surface area contributed by atoms with E-state index in [0.717, 1.165) is 55.5 Å². The molecule has 28 heavy (non-hydrogen) atoms. The van der Waals surface area contributed by atoms with Gasteiger partial charge in [0.15, 0.2) is 5.96 Å². The third-order valence-corrected chi connectivity index (χ3v) is 4.95. The van der Waals surface area contributed by atoms with Gasteiger partial charge in [-0.1, -0.05) is 18.6 Å².